The Labute approximate surface area is 189 Å². The maximum atomic E-state index is 12.7. The number of hydrogen-bond acceptors (Lipinski definition) is 4. The second-order valence-corrected chi connectivity index (χ2v) is 8.99. The predicted molar refractivity (Wildman–Crippen MR) is 126 cm³/mol. The van der Waals surface area contributed by atoms with E-state index in [9.17, 15) is 10.0 Å². The van der Waals surface area contributed by atoms with Gasteiger partial charge < -0.3 is 15.2 Å². The molecule has 0 unspecified atom stereocenters. The maximum absolute atomic E-state index is 12.7. The van der Waals surface area contributed by atoms with Crippen LogP contribution in [0.25, 0.3) is 11.3 Å². The van der Waals surface area contributed by atoms with Crippen LogP contribution in [0.1, 0.15) is 44.6 Å². The van der Waals surface area contributed by atoms with E-state index in [0.717, 1.165) is 22.6 Å². The number of imidazole rings is 1. The quantitative estimate of drug-likeness (QED) is 0.360. The Bertz CT molecular complexity index is 996. The Morgan fingerprint density at radius 1 is 1.12 bits per heavy atom. The highest BCUT2D eigenvalue weighted by Crippen LogP contribution is 2.39. The minimum Gasteiger partial charge on any atom is -0.330 e. The first kappa shape index (κ1) is 23.5. The third-order valence-electron chi connectivity index (χ3n) is 5.41. The zero-order chi connectivity index (χ0) is 23.1. The van der Waals surface area contributed by atoms with Crippen molar-refractivity contribution in [1.29, 1.82) is 0 Å². The molecule has 4 N–H and O–H groups in total. The molecule has 0 saturated carbocycles. The molecule has 170 valence electrons. The van der Waals surface area contributed by atoms with Crippen molar-refractivity contribution in [2.75, 3.05) is 13.1 Å². The molecule has 7 nitrogen and oxygen atoms in total. The van der Waals surface area contributed by atoms with Gasteiger partial charge in [0, 0.05) is 24.8 Å². The van der Waals surface area contributed by atoms with Crippen molar-refractivity contribution in [2.24, 2.45) is 11.1 Å². The summed E-state index contributed by atoms with van der Waals surface area (Å²) in [6.45, 7) is 7.68. The van der Waals surface area contributed by atoms with Crippen LogP contribution in [0.2, 0.25) is 0 Å². The number of benzene rings is 2. The lowest BCUT2D eigenvalue weighted by atomic mass is 9.84. The molecular weight excluding hydrogens is 402 g/mol. The van der Waals surface area contributed by atoms with Gasteiger partial charge in [0.05, 0.1) is 11.7 Å². The van der Waals surface area contributed by atoms with Gasteiger partial charge in [-0.2, -0.15) is 0 Å². The summed E-state index contributed by atoms with van der Waals surface area (Å²) in [4.78, 5) is 19.4. The average molecular weight is 436 g/mol. The number of carbonyl (C=O) groups is 1. The highest BCUT2D eigenvalue weighted by Gasteiger charge is 2.38. The van der Waals surface area contributed by atoms with Crippen molar-refractivity contribution < 1.29 is 10.0 Å². The van der Waals surface area contributed by atoms with E-state index in [2.05, 4.69) is 37.5 Å². The third-order valence-corrected chi connectivity index (χ3v) is 5.41. The van der Waals surface area contributed by atoms with Crippen molar-refractivity contribution in [3.8, 4) is 11.3 Å². The maximum Gasteiger partial charge on any atom is 0.341 e. The molecule has 7 heteroatoms. The molecule has 0 radical (unpaired) electrons. The molecule has 0 aliphatic rings. The van der Waals surface area contributed by atoms with E-state index in [4.69, 9.17) is 10.7 Å². The topological polar surface area (TPSA) is 96.4 Å². The first-order valence-corrected chi connectivity index (χ1v) is 10.9. The molecule has 1 heterocycles. The van der Waals surface area contributed by atoms with Crippen LogP contribution in [-0.2, 0) is 6.54 Å². The number of urea groups is 1. The molecule has 1 atom stereocenters. The van der Waals surface area contributed by atoms with Crippen LogP contribution in [0.4, 0.5) is 4.79 Å². The van der Waals surface area contributed by atoms with E-state index >= 15 is 0 Å². The fourth-order valence-electron chi connectivity index (χ4n) is 3.97. The monoisotopic (exact) mass is 435 g/mol. The largest absolute Gasteiger partial charge is 0.341 e. The fraction of sp³-hybridized carbons (Fsp3) is 0.360. The number of aromatic nitrogens is 2. The first-order valence-electron chi connectivity index (χ1n) is 10.9. The smallest absolute Gasteiger partial charge is 0.330 e. The molecule has 0 spiro atoms. The first-order chi connectivity index (χ1) is 15.3. The number of hydroxylamine groups is 1. The highest BCUT2D eigenvalue weighted by molar-refractivity contribution is 5.73. The Morgan fingerprint density at radius 3 is 2.31 bits per heavy atom. The molecule has 0 aliphatic carbocycles. The standard InChI is InChI=1S/C25H33N5O2/c1-25(2,3)22(30(16-10-15-26)24(31)28-32)23-27-21(20-13-8-5-9-14-20)18-29(23)17-19-11-6-4-7-12-19/h4-9,11-14,18,22,32H,10,15-17,26H2,1-3H3,(H,28,31)/t22-/m0/s1. The lowest BCUT2D eigenvalue weighted by Crippen LogP contribution is -2.47. The second-order valence-electron chi connectivity index (χ2n) is 8.99. The molecule has 0 bridgehead atoms. The van der Waals surface area contributed by atoms with Gasteiger partial charge in [0.2, 0.25) is 0 Å². The van der Waals surface area contributed by atoms with Crippen molar-refractivity contribution in [1.82, 2.24) is 19.9 Å². The number of amides is 2. The normalized spacial score (nSPS) is 12.4. The summed E-state index contributed by atoms with van der Waals surface area (Å²) in [6.07, 6.45) is 2.65. The number of hydrogen-bond donors (Lipinski definition) is 3. The van der Waals surface area contributed by atoms with Gasteiger partial charge in [0.25, 0.3) is 0 Å². The number of rotatable bonds is 8. The van der Waals surface area contributed by atoms with E-state index in [1.807, 2.05) is 60.2 Å². The summed E-state index contributed by atoms with van der Waals surface area (Å²) in [5.41, 5.74) is 10.2. The summed E-state index contributed by atoms with van der Waals surface area (Å²) in [5.74, 6) is 0.765. The molecule has 3 rings (SSSR count). The van der Waals surface area contributed by atoms with Crippen LogP contribution < -0.4 is 11.2 Å². The van der Waals surface area contributed by atoms with Gasteiger partial charge in [-0.1, -0.05) is 81.4 Å². The molecular formula is C25H33N5O2. The summed E-state index contributed by atoms with van der Waals surface area (Å²) >= 11 is 0. The van der Waals surface area contributed by atoms with Gasteiger partial charge in [0.15, 0.2) is 0 Å². The SMILES string of the molecule is CC(C)(C)[C@H](c1nc(-c2ccccc2)cn1Cc1ccccc1)N(CCCN)C(=O)NO. The summed E-state index contributed by atoms with van der Waals surface area (Å²) < 4.78 is 2.10. The Balaban J connectivity index is 2.14. The van der Waals surface area contributed by atoms with Crippen LogP contribution in [0.5, 0.6) is 0 Å². The van der Waals surface area contributed by atoms with Crippen molar-refractivity contribution in [3.05, 3.63) is 78.2 Å². The van der Waals surface area contributed by atoms with Gasteiger partial charge >= 0.3 is 6.03 Å². The van der Waals surface area contributed by atoms with Gasteiger partial charge in [0.1, 0.15) is 5.82 Å². The molecule has 0 saturated heterocycles. The molecule has 0 aliphatic heterocycles. The predicted octanol–water partition coefficient (Wildman–Crippen LogP) is 4.44. The zero-order valence-electron chi connectivity index (χ0n) is 19.0. The van der Waals surface area contributed by atoms with E-state index in [1.165, 1.54) is 0 Å². The summed E-state index contributed by atoms with van der Waals surface area (Å²) in [6, 6.07) is 19.2. The van der Waals surface area contributed by atoms with E-state index in [0.29, 0.717) is 26.1 Å². The van der Waals surface area contributed by atoms with Gasteiger partial charge in [-0.3, -0.25) is 5.21 Å². The molecule has 3 aromatic rings. The molecule has 1 aromatic heterocycles. The van der Waals surface area contributed by atoms with Crippen molar-refractivity contribution in [3.63, 3.8) is 0 Å². The minimum absolute atomic E-state index is 0.352. The second kappa shape index (κ2) is 10.4. The fourth-order valence-corrected chi connectivity index (χ4v) is 3.97. The van der Waals surface area contributed by atoms with Gasteiger partial charge in [-0.15, -0.1) is 0 Å². The Hall–Kier alpha value is -3.16. The summed E-state index contributed by atoms with van der Waals surface area (Å²) in [7, 11) is 0. The summed E-state index contributed by atoms with van der Waals surface area (Å²) in [5, 5.41) is 9.45. The van der Waals surface area contributed by atoms with Crippen molar-refractivity contribution >= 4 is 6.03 Å². The molecule has 2 aromatic carbocycles. The van der Waals surface area contributed by atoms with Crippen LogP contribution >= 0.6 is 0 Å². The van der Waals surface area contributed by atoms with Crippen LogP contribution in [0.15, 0.2) is 66.9 Å². The number of nitrogens with zero attached hydrogens (tertiary/aromatic N) is 3. The number of nitrogens with one attached hydrogen (secondary N) is 1. The van der Waals surface area contributed by atoms with Gasteiger partial charge in [-0.25, -0.2) is 15.3 Å². The van der Waals surface area contributed by atoms with Crippen LogP contribution in [0, 0.1) is 5.41 Å². The lowest BCUT2D eigenvalue weighted by molar-refractivity contribution is 0.0763. The molecule has 2 amide bonds. The van der Waals surface area contributed by atoms with E-state index in [1.54, 1.807) is 4.90 Å². The average Bonchev–Trinajstić information content (AvgIpc) is 3.19. The number of nitrogens with two attached hydrogens (primary N) is 1. The minimum atomic E-state index is -0.561. The zero-order valence-corrected chi connectivity index (χ0v) is 19.0. The van der Waals surface area contributed by atoms with Crippen LogP contribution in [-0.4, -0.2) is 38.8 Å². The Morgan fingerprint density at radius 2 is 1.75 bits per heavy atom. The number of carbonyl (C=O) groups excluding carboxylic acids is 1. The van der Waals surface area contributed by atoms with Crippen molar-refractivity contribution in [2.45, 2.75) is 39.8 Å². The third kappa shape index (κ3) is 5.55. The van der Waals surface area contributed by atoms with Crippen LogP contribution in [0.3, 0.4) is 0 Å². The highest BCUT2D eigenvalue weighted by atomic mass is 16.5. The Kier molecular flexibility index (Phi) is 7.66. The van der Waals surface area contributed by atoms with E-state index in [-0.39, 0.29) is 11.5 Å². The molecule has 32 heavy (non-hydrogen) atoms. The molecule has 0 fully saturated rings. The van der Waals surface area contributed by atoms with Gasteiger partial charge in [-0.05, 0) is 23.9 Å². The lowest BCUT2D eigenvalue weighted by Gasteiger charge is -2.39. The van der Waals surface area contributed by atoms with E-state index < -0.39 is 6.03 Å².